The zero-order valence-electron chi connectivity index (χ0n) is 14.9. The van der Waals surface area contributed by atoms with Gasteiger partial charge in [0.1, 0.15) is 5.82 Å². The summed E-state index contributed by atoms with van der Waals surface area (Å²) in [6.07, 6.45) is 4.30. The molecule has 1 fully saturated rings. The highest BCUT2D eigenvalue weighted by atomic mass is 32.1. The number of aromatic nitrogens is 1. The maximum absolute atomic E-state index is 12.5. The van der Waals surface area contributed by atoms with E-state index in [1.807, 2.05) is 46.9 Å². The first-order valence-electron chi connectivity index (χ1n) is 8.64. The monoisotopic (exact) mass is 359 g/mol. The number of rotatable bonds is 6. The number of thiophene rings is 1. The second-order valence-electron chi connectivity index (χ2n) is 6.60. The van der Waals surface area contributed by atoms with E-state index in [9.17, 15) is 4.79 Å². The molecule has 0 radical (unpaired) electrons. The number of anilines is 1. The van der Waals surface area contributed by atoms with Gasteiger partial charge in [-0.05, 0) is 52.9 Å². The van der Waals surface area contributed by atoms with E-state index in [0.717, 1.165) is 24.2 Å². The Morgan fingerprint density at radius 2 is 2.28 bits per heavy atom. The Labute approximate surface area is 153 Å². The van der Waals surface area contributed by atoms with Crippen LogP contribution in [0.5, 0.6) is 0 Å². The summed E-state index contributed by atoms with van der Waals surface area (Å²) in [5, 5.41) is 4.06. The Balaban J connectivity index is 1.51. The average molecular weight is 359 g/mol. The number of hydrogen-bond acceptors (Lipinski definition) is 5. The van der Waals surface area contributed by atoms with Crippen LogP contribution in [0.4, 0.5) is 5.82 Å². The lowest BCUT2D eigenvalue weighted by Gasteiger charge is -2.33. The van der Waals surface area contributed by atoms with E-state index in [2.05, 4.69) is 17.1 Å². The van der Waals surface area contributed by atoms with E-state index >= 15 is 0 Å². The van der Waals surface area contributed by atoms with Crippen LogP contribution >= 0.6 is 11.3 Å². The Morgan fingerprint density at radius 3 is 3.04 bits per heavy atom. The maximum Gasteiger partial charge on any atom is 0.227 e. The summed E-state index contributed by atoms with van der Waals surface area (Å²) < 4.78 is 5.88. The highest BCUT2D eigenvalue weighted by Crippen LogP contribution is 2.16. The predicted octanol–water partition coefficient (Wildman–Crippen LogP) is 2.61. The van der Waals surface area contributed by atoms with Crippen LogP contribution in [0.2, 0.25) is 0 Å². The number of ether oxygens (including phenoxy) is 1. The maximum atomic E-state index is 12.5. The van der Waals surface area contributed by atoms with Crippen molar-refractivity contribution in [2.45, 2.75) is 25.4 Å². The van der Waals surface area contributed by atoms with E-state index in [-0.39, 0.29) is 12.0 Å². The highest BCUT2D eigenvalue weighted by Gasteiger charge is 2.24. The van der Waals surface area contributed by atoms with E-state index in [4.69, 9.17) is 4.74 Å². The molecule has 2 aromatic heterocycles. The van der Waals surface area contributed by atoms with Gasteiger partial charge in [0.25, 0.3) is 0 Å². The largest absolute Gasteiger partial charge is 0.375 e. The first kappa shape index (κ1) is 17.9. The molecule has 134 valence electrons. The number of nitrogens with zero attached hydrogens (tertiary/aromatic N) is 3. The Kier molecular flexibility index (Phi) is 6.04. The number of carbonyl (C=O) groups is 1. The summed E-state index contributed by atoms with van der Waals surface area (Å²) in [6, 6.07) is 6.18. The van der Waals surface area contributed by atoms with Crippen LogP contribution in [-0.2, 0) is 22.4 Å². The van der Waals surface area contributed by atoms with Crippen LogP contribution in [0, 0.1) is 0 Å². The van der Waals surface area contributed by atoms with Crippen LogP contribution in [0.15, 0.2) is 35.2 Å². The summed E-state index contributed by atoms with van der Waals surface area (Å²) in [4.78, 5) is 20.8. The molecule has 0 aliphatic carbocycles. The smallest absolute Gasteiger partial charge is 0.227 e. The lowest BCUT2D eigenvalue weighted by Crippen LogP contribution is -2.46. The van der Waals surface area contributed by atoms with Gasteiger partial charge < -0.3 is 14.5 Å². The summed E-state index contributed by atoms with van der Waals surface area (Å²) in [7, 11) is 3.99. The summed E-state index contributed by atoms with van der Waals surface area (Å²) in [6.45, 7) is 2.01. The molecule has 25 heavy (non-hydrogen) atoms. The molecule has 1 atom stereocenters. The van der Waals surface area contributed by atoms with Gasteiger partial charge in [0.05, 0.1) is 19.1 Å². The van der Waals surface area contributed by atoms with Crippen molar-refractivity contribution >= 4 is 23.1 Å². The molecule has 1 saturated heterocycles. The fourth-order valence-electron chi connectivity index (χ4n) is 2.99. The molecule has 1 aliphatic rings. The second kappa shape index (κ2) is 8.45. The SMILES string of the molecule is CN(C)c1cc(CC[C@@H]2CN(C(=O)Cc3ccsc3)CCO2)ccn1. The summed E-state index contributed by atoms with van der Waals surface area (Å²) >= 11 is 1.63. The van der Waals surface area contributed by atoms with Gasteiger partial charge in [-0.25, -0.2) is 4.98 Å². The second-order valence-corrected chi connectivity index (χ2v) is 7.38. The molecule has 1 amide bonds. The van der Waals surface area contributed by atoms with Crippen LogP contribution in [0.1, 0.15) is 17.5 Å². The predicted molar refractivity (Wildman–Crippen MR) is 101 cm³/mol. The molecule has 6 heteroatoms. The number of pyridine rings is 1. The first-order valence-corrected chi connectivity index (χ1v) is 9.59. The Hall–Kier alpha value is -1.92. The highest BCUT2D eigenvalue weighted by molar-refractivity contribution is 7.08. The Bertz CT molecular complexity index is 688. The molecule has 0 saturated carbocycles. The molecule has 3 heterocycles. The minimum Gasteiger partial charge on any atom is -0.375 e. The average Bonchev–Trinajstić information content (AvgIpc) is 3.13. The molecule has 2 aromatic rings. The molecule has 0 bridgehead atoms. The molecule has 0 aromatic carbocycles. The molecule has 0 N–H and O–H groups in total. The minimum absolute atomic E-state index is 0.108. The third-order valence-corrected chi connectivity index (χ3v) is 5.18. The molecular weight excluding hydrogens is 334 g/mol. The molecule has 0 unspecified atom stereocenters. The van der Waals surface area contributed by atoms with E-state index in [1.165, 1.54) is 5.56 Å². The normalized spacial score (nSPS) is 17.5. The third kappa shape index (κ3) is 5.03. The minimum atomic E-state index is 0.108. The first-order chi connectivity index (χ1) is 12.1. The van der Waals surface area contributed by atoms with Crippen molar-refractivity contribution in [1.29, 1.82) is 0 Å². The van der Waals surface area contributed by atoms with Crippen LogP contribution in [-0.4, -0.2) is 55.7 Å². The molecule has 3 rings (SSSR count). The fraction of sp³-hybridized carbons (Fsp3) is 0.474. The van der Waals surface area contributed by atoms with Crippen LogP contribution < -0.4 is 4.90 Å². The van der Waals surface area contributed by atoms with Gasteiger partial charge in [-0.15, -0.1) is 0 Å². The van der Waals surface area contributed by atoms with E-state index in [0.29, 0.717) is 26.1 Å². The van der Waals surface area contributed by atoms with Gasteiger partial charge in [0, 0.05) is 33.4 Å². The third-order valence-electron chi connectivity index (χ3n) is 4.45. The quantitative estimate of drug-likeness (QED) is 0.795. The van der Waals surface area contributed by atoms with E-state index < -0.39 is 0 Å². The summed E-state index contributed by atoms with van der Waals surface area (Å²) in [5.41, 5.74) is 2.36. The number of amides is 1. The zero-order chi connectivity index (χ0) is 17.6. The van der Waals surface area contributed by atoms with Crippen LogP contribution in [0.25, 0.3) is 0 Å². The van der Waals surface area contributed by atoms with Gasteiger partial charge in [0.2, 0.25) is 5.91 Å². The Morgan fingerprint density at radius 1 is 1.40 bits per heavy atom. The lowest BCUT2D eigenvalue weighted by molar-refractivity contribution is -0.138. The van der Waals surface area contributed by atoms with E-state index in [1.54, 1.807) is 11.3 Å². The van der Waals surface area contributed by atoms with Gasteiger partial charge in [-0.1, -0.05) is 0 Å². The zero-order valence-corrected chi connectivity index (χ0v) is 15.7. The number of morpholine rings is 1. The van der Waals surface area contributed by atoms with Crippen molar-refractivity contribution in [2.75, 3.05) is 38.7 Å². The fourth-order valence-corrected chi connectivity index (χ4v) is 3.66. The molecular formula is C19H25N3O2S. The standard InChI is InChI=1S/C19H25N3O2S/c1-21(2)18-11-15(5-7-20-18)3-4-17-13-22(8-9-24-17)19(23)12-16-6-10-25-14-16/h5-7,10-11,14,17H,3-4,8-9,12-13H2,1-2H3/t17-/m1/s1. The van der Waals surface area contributed by atoms with Crippen molar-refractivity contribution in [3.8, 4) is 0 Å². The number of carbonyl (C=O) groups excluding carboxylic acids is 1. The van der Waals surface area contributed by atoms with Crippen molar-refractivity contribution < 1.29 is 9.53 Å². The number of hydrogen-bond donors (Lipinski definition) is 0. The molecule has 0 spiro atoms. The van der Waals surface area contributed by atoms with Crippen molar-refractivity contribution in [1.82, 2.24) is 9.88 Å². The molecule has 5 nitrogen and oxygen atoms in total. The van der Waals surface area contributed by atoms with Crippen LogP contribution in [0.3, 0.4) is 0 Å². The van der Waals surface area contributed by atoms with Gasteiger partial charge in [0.15, 0.2) is 0 Å². The van der Waals surface area contributed by atoms with Gasteiger partial charge >= 0.3 is 0 Å². The summed E-state index contributed by atoms with van der Waals surface area (Å²) in [5.74, 6) is 1.17. The van der Waals surface area contributed by atoms with Gasteiger partial charge in [-0.2, -0.15) is 11.3 Å². The topological polar surface area (TPSA) is 45.7 Å². The van der Waals surface area contributed by atoms with Gasteiger partial charge in [-0.3, -0.25) is 4.79 Å². The lowest BCUT2D eigenvalue weighted by atomic mass is 10.1. The van der Waals surface area contributed by atoms with Crippen molar-refractivity contribution in [3.63, 3.8) is 0 Å². The van der Waals surface area contributed by atoms with Crippen molar-refractivity contribution in [2.24, 2.45) is 0 Å². The number of aryl methyl sites for hydroxylation is 1. The molecule has 1 aliphatic heterocycles. The van der Waals surface area contributed by atoms with Crippen molar-refractivity contribution in [3.05, 3.63) is 46.3 Å².